The Morgan fingerprint density at radius 2 is 1.89 bits per heavy atom. The highest BCUT2D eigenvalue weighted by Gasteiger charge is 2.30. The molecule has 3 amide bonds. The normalized spacial score (nSPS) is 16.2. The van der Waals surface area contributed by atoms with Gasteiger partial charge in [-0.05, 0) is 68.6 Å². The Morgan fingerprint density at radius 3 is 2.43 bits per heavy atom. The molecule has 1 atom stereocenters. The second-order valence-corrected chi connectivity index (χ2v) is 8.73. The zero-order valence-corrected chi connectivity index (χ0v) is 18.2. The Labute approximate surface area is 173 Å². The summed E-state index contributed by atoms with van der Waals surface area (Å²) in [5, 5.41) is 5.37. The summed E-state index contributed by atoms with van der Waals surface area (Å²) in [6, 6.07) is 2.85. The van der Waals surface area contributed by atoms with Gasteiger partial charge in [0, 0.05) is 29.7 Å². The molecular formula is C19H27BrN4O4. The van der Waals surface area contributed by atoms with Gasteiger partial charge in [-0.1, -0.05) is 0 Å². The van der Waals surface area contributed by atoms with E-state index >= 15 is 0 Å². The minimum absolute atomic E-state index is 0.0955. The molecule has 2 rings (SSSR count). The number of nitrogens with one attached hydrogen (secondary N) is 2. The molecule has 1 fully saturated rings. The Bertz CT molecular complexity index is 710. The van der Waals surface area contributed by atoms with Crippen LogP contribution >= 0.6 is 15.9 Å². The second-order valence-electron chi connectivity index (χ2n) is 7.82. The van der Waals surface area contributed by atoms with Crippen molar-refractivity contribution in [2.75, 3.05) is 18.4 Å². The van der Waals surface area contributed by atoms with Gasteiger partial charge in [-0.3, -0.25) is 9.59 Å². The van der Waals surface area contributed by atoms with Crippen LogP contribution in [-0.2, 0) is 14.3 Å². The molecule has 8 nitrogen and oxygen atoms in total. The van der Waals surface area contributed by atoms with Gasteiger partial charge in [-0.2, -0.15) is 0 Å². The number of amides is 3. The van der Waals surface area contributed by atoms with Crippen LogP contribution in [0.15, 0.2) is 22.8 Å². The van der Waals surface area contributed by atoms with E-state index in [1.165, 1.54) is 0 Å². The standard InChI is InChI=1S/C19H27BrN4O4/c1-12(22-18(27)28-19(2,3)4)17(26)24-9-7-13(8-10-24)16(25)23-15-6-5-14(20)11-21-15/h5-6,11-13H,7-10H2,1-4H3,(H,22,27)(H,21,23,25). The number of ether oxygens (including phenoxy) is 1. The number of carbonyl (C=O) groups excluding carboxylic acids is 3. The number of aromatic nitrogens is 1. The van der Waals surface area contributed by atoms with E-state index in [4.69, 9.17) is 4.74 Å². The first-order valence-electron chi connectivity index (χ1n) is 9.26. The van der Waals surface area contributed by atoms with Gasteiger partial charge in [0.2, 0.25) is 11.8 Å². The van der Waals surface area contributed by atoms with Gasteiger partial charge in [-0.25, -0.2) is 9.78 Å². The predicted molar refractivity (Wildman–Crippen MR) is 109 cm³/mol. The van der Waals surface area contributed by atoms with Crippen molar-refractivity contribution >= 4 is 39.7 Å². The van der Waals surface area contributed by atoms with Crippen molar-refractivity contribution in [1.82, 2.24) is 15.2 Å². The number of likely N-dealkylation sites (tertiary alicyclic amines) is 1. The summed E-state index contributed by atoms with van der Waals surface area (Å²) in [7, 11) is 0. The third kappa shape index (κ3) is 6.78. The summed E-state index contributed by atoms with van der Waals surface area (Å²) in [5.41, 5.74) is -0.623. The number of halogens is 1. The number of carbonyl (C=O) groups is 3. The van der Waals surface area contributed by atoms with E-state index in [1.54, 1.807) is 44.9 Å². The number of anilines is 1. The van der Waals surface area contributed by atoms with Crippen LogP contribution < -0.4 is 10.6 Å². The van der Waals surface area contributed by atoms with Crippen LogP contribution in [0.3, 0.4) is 0 Å². The number of hydrogen-bond donors (Lipinski definition) is 2. The Kier molecular flexibility index (Phi) is 7.40. The van der Waals surface area contributed by atoms with E-state index in [-0.39, 0.29) is 17.7 Å². The molecule has 1 unspecified atom stereocenters. The van der Waals surface area contributed by atoms with E-state index in [2.05, 4.69) is 31.5 Å². The molecule has 1 aromatic heterocycles. The van der Waals surface area contributed by atoms with E-state index < -0.39 is 17.7 Å². The largest absolute Gasteiger partial charge is 0.444 e. The highest BCUT2D eigenvalue weighted by atomic mass is 79.9. The maximum Gasteiger partial charge on any atom is 0.408 e. The van der Waals surface area contributed by atoms with Crippen LogP contribution in [0.25, 0.3) is 0 Å². The van der Waals surface area contributed by atoms with Gasteiger partial charge < -0.3 is 20.3 Å². The fraction of sp³-hybridized carbons (Fsp3) is 0.579. The summed E-state index contributed by atoms with van der Waals surface area (Å²) in [4.78, 5) is 42.6. The molecule has 0 saturated carbocycles. The topological polar surface area (TPSA) is 101 Å². The molecule has 1 aliphatic rings. The van der Waals surface area contributed by atoms with Crippen LogP contribution in [0.4, 0.5) is 10.6 Å². The van der Waals surface area contributed by atoms with E-state index in [0.29, 0.717) is 31.7 Å². The zero-order valence-electron chi connectivity index (χ0n) is 16.6. The van der Waals surface area contributed by atoms with Crippen LogP contribution in [-0.4, -0.2) is 52.5 Å². The number of alkyl carbamates (subject to hydrolysis) is 1. The van der Waals surface area contributed by atoms with Gasteiger partial charge in [0.05, 0.1) is 0 Å². The smallest absolute Gasteiger partial charge is 0.408 e. The van der Waals surface area contributed by atoms with Gasteiger partial charge >= 0.3 is 6.09 Å². The number of pyridine rings is 1. The fourth-order valence-corrected chi connectivity index (χ4v) is 3.09. The lowest BCUT2D eigenvalue weighted by Crippen LogP contribution is -2.50. The maximum atomic E-state index is 12.5. The maximum absolute atomic E-state index is 12.5. The van der Waals surface area contributed by atoms with Crippen molar-refractivity contribution in [1.29, 1.82) is 0 Å². The quantitative estimate of drug-likeness (QED) is 0.727. The molecule has 1 saturated heterocycles. The molecule has 154 valence electrons. The summed E-state index contributed by atoms with van der Waals surface area (Å²) >= 11 is 3.30. The van der Waals surface area contributed by atoms with Crippen molar-refractivity contribution in [3.05, 3.63) is 22.8 Å². The lowest BCUT2D eigenvalue weighted by atomic mass is 9.95. The lowest BCUT2D eigenvalue weighted by Gasteiger charge is -2.33. The monoisotopic (exact) mass is 454 g/mol. The molecule has 1 aromatic rings. The van der Waals surface area contributed by atoms with E-state index in [0.717, 1.165) is 4.47 Å². The molecule has 9 heteroatoms. The van der Waals surface area contributed by atoms with Crippen molar-refractivity contribution in [2.24, 2.45) is 5.92 Å². The van der Waals surface area contributed by atoms with E-state index in [9.17, 15) is 14.4 Å². The van der Waals surface area contributed by atoms with Crippen LogP contribution in [0.1, 0.15) is 40.5 Å². The highest BCUT2D eigenvalue weighted by Crippen LogP contribution is 2.20. The first kappa shape index (κ1) is 22.1. The molecule has 0 radical (unpaired) electrons. The summed E-state index contributed by atoms with van der Waals surface area (Å²) in [6.45, 7) is 7.84. The third-order valence-corrected chi connectivity index (χ3v) is 4.73. The average Bonchev–Trinajstić information content (AvgIpc) is 2.61. The van der Waals surface area contributed by atoms with Crippen LogP contribution in [0.2, 0.25) is 0 Å². The number of piperidine rings is 1. The van der Waals surface area contributed by atoms with Crippen molar-refractivity contribution in [3.63, 3.8) is 0 Å². The van der Waals surface area contributed by atoms with Gasteiger partial charge in [0.15, 0.2) is 0 Å². The minimum Gasteiger partial charge on any atom is -0.444 e. The molecule has 2 heterocycles. The number of hydrogen-bond acceptors (Lipinski definition) is 5. The van der Waals surface area contributed by atoms with Gasteiger partial charge in [0.25, 0.3) is 0 Å². The highest BCUT2D eigenvalue weighted by molar-refractivity contribution is 9.10. The Balaban J connectivity index is 1.80. The fourth-order valence-electron chi connectivity index (χ4n) is 2.86. The molecule has 2 N–H and O–H groups in total. The number of rotatable bonds is 4. The Hall–Kier alpha value is -2.16. The molecule has 0 bridgehead atoms. The van der Waals surface area contributed by atoms with E-state index in [1.807, 2.05) is 6.07 Å². The molecule has 28 heavy (non-hydrogen) atoms. The minimum atomic E-state index is -0.688. The van der Waals surface area contributed by atoms with Gasteiger partial charge in [-0.15, -0.1) is 0 Å². The first-order chi connectivity index (χ1) is 13.0. The van der Waals surface area contributed by atoms with Gasteiger partial charge in [0.1, 0.15) is 17.5 Å². The second kappa shape index (κ2) is 9.36. The van der Waals surface area contributed by atoms with Crippen LogP contribution in [0, 0.1) is 5.92 Å². The molecule has 0 aliphatic carbocycles. The lowest BCUT2D eigenvalue weighted by molar-refractivity contribution is -0.136. The molecular weight excluding hydrogens is 428 g/mol. The summed E-state index contributed by atoms with van der Waals surface area (Å²) in [6.07, 6.45) is 2.13. The number of nitrogens with zero attached hydrogens (tertiary/aromatic N) is 2. The molecule has 1 aliphatic heterocycles. The van der Waals surface area contributed by atoms with Crippen molar-refractivity contribution < 1.29 is 19.1 Å². The molecule has 0 spiro atoms. The summed E-state index contributed by atoms with van der Waals surface area (Å²) in [5.74, 6) is 0.0478. The Morgan fingerprint density at radius 1 is 1.25 bits per heavy atom. The zero-order chi connectivity index (χ0) is 20.9. The average molecular weight is 455 g/mol. The first-order valence-corrected chi connectivity index (χ1v) is 10.0. The van der Waals surface area contributed by atoms with Crippen molar-refractivity contribution in [2.45, 2.75) is 52.2 Å². The van der Waals surface area contributed by atoms with Crippen molar-refractivity contribution in [3.8, 4) is 0 Å². The SMILES string of the molecule is CC(NC(=O)OC(C)(C)C)C(=O)N1CCC(C(=O)Nc2ccc(Br)cn2)CC1. The molecule has 0 aromatic carbocycles. The predicted octanol–water partition coefficient (Wildman–Crippen LogP) is 2.93. The summed E-state index contributed by atoms with van der Waals surface area (Å²) < 4.78 is 6.02. The third-order valence-electron chi connectivity index (χ3n) is 4.26. The van der Waals surface area contributed by atoms with Crippen LogP contribution in [0.5, 0.6) is 0 Å².